The molecule has 2 heterocycles. The smallest absolute Gasteiger partial charge is 0.268 e. The van der Waals surface area contributed by atoms with E-state index in [9.17, 15) is 19.2 Å². The second kappa shape index (κ2) is 10.2. The second-order valence-electron chi connectivity index (χ2n) is 10.6. The fourth-order valence-corrected chi connectivity index (χ4v) is 5.02. The molecule has 36 heavy (non-hydrogen) atoms. The minimum absolute atomic E-state index is 0.0843. The van der Waals surface area contributed by atoms with Gasteiger partial charge in [0.2, 0.25) is 17.7 Å². The summed E-state index contributed by atoms with van der Waals surface area (Å²) in [5.74, 6) is -1.27. The number of rotatable bonds is 10. The van der Waals surface area contributed by atoms with E-state index in [1.54, 1.807) is 19.2 Å². The van der Waals surface area contributed by atoms with E-state index < -0.39 is 35.7 Å². The van der Waals surface area contributed by atoms with Crippen molar-refractivity contribution >= 4 is 34.5 Å². The Morgan fingerprint density at radius 3 is 2.58 bits per heavy atom. The maximum absolute atomic E-state index is 13.3. The predicted molar refractivity (Wildman–Crippen MR) is 134 cm³/mol. The van der Waals surface area contributed by atoms with E-state index >= 15 is 0 Å². The molecule has 1 saturated carbocycles. The Kier molecular flexibility index (Phi) is 7.23. The summed E-state index contributed by atoms with van der Waals surface area (Å²) in [5, 5.41) is 9.10. The van der Waals surface area contributed by atoms with E-state index in [0.29, 0.717) is 30.8 Å². The number of fused-ring (bicyclic) bond motifs is 1. The summed E-state index contributed by atoms with van der Waals surface area (Å²) in [6.07, 6.45) is 2.94. The quantitative estimate of drug-likeness (QED) is 0.337. The van der Waals surface area contributed by atoms with Crippen molar-refractivity contribution in [2.24, 2.45) is 23.0 Å². The molecule has 10 nitrogen and oxygen atoms in total. The average molecular weight is 498 g/mol. The number of nitrogens with one attached hydrogen (secondary N) is 4. The molecular formula is C26H35N5O5. The zero-order valence-corrected chi connectivity index (χ0v) is 21.0. The van der Waals surface area contributed by atoms with Crippen molar-refractivity contribution in [3.63, 3.8) is 0 Å². The molecule has 4 amide bonds. The van der Waals surface area contributed by atoms with Crippen LogP contribution < -0.4 is 26.4 Å². The normalized spacial score (nSPS) is 22.2. The molecule has 2 fully saturated rings. The Morgan fingerprint density at radius 1 is 1.19 bits per heavy atom. The van der Waals surface area contributed by atoms with Crippen LogP contribution in [0.2, 0.25) is 0 Å². The number of benzene rings is 1. The number of amides is 4. The van der Waals surface area contributed by atoms with E-state index in [1.165, 1.54) is 0 Å². The standard InChI is InChI=1S/C26H35N5O5/c1-26(2)13-15(26)11-19(24(34)30-18(22(27)32)10-14-6-5-9-28-23(14)33)31-25(35)20-12-16-17(29-20)7-4-8-21(16)36-3/h4,7-8,12,14-15,18-19,29H,5-6,9-11,13H2,1-3H3,(H2,27,32)(H,28,33)(H,30,34)(H,31,35). The fraction of sp³-hybridized carbons (Fsp3) is 0.538. The van der Waals surface area contributed by atoms with Gasteiger partial charge in [-0.05, 0) is 61.6 Å². The summed E-state index contributed by atoms with van der Waals surface area (Å²) in [6.45, 7) is 4.84. The molecule has 4 atom stereocenters. The number of piperidine rings is 1. The molecule has 0 radical (unpaired) electrons. The first-order chi connectivity index (χ1) is 17.1. The maximum Gasteiger partial charge on any atom is 0.268 e. The van der Waals surface area contributed by atoms with E-state index in [-0.39, 0.29) is 23.7 Å². The Balaban J connectivity index is 1.49. The zero-order valence-electron chi connectivity index (χ0n) is 21.0. The van der Waals surface area contributed by atoms with Gasteiger partial charge in [0.25, 0.3) is 5.91 Å². The maximum atomic E-state index is 13.3. The predicted octanol–water partition coefficient (Wildman–Crippen LogP) is 1.60. The molecule has 1 aliphatic carbocycles. The Morgan fingerprint density at radius 2 is 1.94 bits per heavy atom. The van der Waals surface area contributed by atoms with Gasteiger partial charge in [-0.25, -0.2) is 0 Å². The van der Waals surface area contributed by atoms with Gasteiger partial charge < -0.3 is 31.4 Å². The van der Waals surface area contributed by atoms with Crippen molar-refractivity contribution in [1.29, 1.82) is 0 Å². The third-order valence-electron chi connectivity index (χ3n) is 7.53. The van der Waals surface area contributed by atoms with Crippen molar-refractivity contribution in [3.05, 3.63) is 30.0 Å². The van der Waals surface area contributed by atoms with Gasteiger partial charge in [-0.3, -0.25) is 19.2 Å². The van der Waals surface area contributed by atoms with Crippen molar-refractivity contribution in [1.82, 2.24) is 20.9 Å². The van der Waals surface area contributed by atoms with Gasteiger partial charge in [0.15, 0.2) is 0 Å². The first kappa shape index (κ1) is 25.5. The Labute approximate surface area is 210 Å². The number of aromatic nitrogens is 1. The number of H-pyrrole nitrogens is 1. The third-order valence-corrected chi connectivity index (χ3v) is 7.53. The van der Waals surface area contributed by atoms with E-state index in [0.717, 1.165) is 23.7 Å². The monoisotopic (exact) mass is 497 g/mol. The van der Waals surface area contributed by atoms with Crippen LogP contribution in [0.25, 0.3) is 10.9 Å². The molecule has 1 aliphatic heterocycles. The highest BCUT2D eigenvalue weighted by Gasteiger charge is 2.47. The SMILES string of the molecule is COc1cccc2[nH]c(C(=O)NC(CC3CC3(C)C)C(=O)NC(CC3CCCNC3=O)C(N)=O)cc12. The minimum Gasteiger partial charge on any atom is -0.496 e. The molecule has 0 spiro atoms. The van der Waals surface area contributed by atoms with Crippen LogP contribution in [-0.4, -0.2) is 54.4 Å². The topological polar surface area (TPSA) is 155 Å². The van der Waals surface area contributed by atoms with Gasteiger partial charge in [0.05, 0.1) is 7.11 Å². The van der Waals surface area contributed by atoms with Gasteiger partial charge in [-0.15, -0.1) is 0 Å². The first-order valence-electron chi connectivity index (χ1n) is 12.4. The van der Waals surface area contributed by atoms with Gasteiger partial charge >= 0.3 is 0 Å². The van der Waals surface area contributed by atoms with Crippen LogP contribution in [0.1, 0.15) is 56.4 Å². The summed E-state index contributed by atoms with van der Waals surface area (Å²) in [6, 6.07) is 5.29. The van der Waals surface area contributed by atoms with Crippen LogP contribution in [0.5, 0.6) is 5.75 Å². The van der Waals surface area contributed by atoms with Crippen molar-refractivity contribution in [3.8, 4) is 5.75 Å². The molecule has 2 aromatic rings. The molecule has 2 aliphatic rings. The number of hydrogen-bond donors (Lipinski definition) is 5. The molecule has 10 heteroatoms. The molecule has 4 rings (SSSR count). The van der Waals surface area contributed by atoms with Crippen molar-refractivity contribution in [2.45, 2.75) is 58.0 Å². The lowest BCUT2D eigenvalue weighted by Crippen LogP contribution is -2.54. The molecule has 6 N–H and O–H groups in total. The molecule has 1 aromatic carbocycles. The van der Waals surface area contributed by atoms with Crippen LogP contribution in [0, 0.1) is 17.3 Å². The van der Waals surface area contributed by atoms with Crippen molar-refractivity contribution < 1.29 is 23.9 Å². The molecule has 1 saturated heterocycles. The largest absolute Gasteiger partial charge is 0.496 e. The fourth-order valence-electron chi connectivity index (χ4n) is 5.02. The molecule has 0 bridgehead atoms. The summed E-state index contributed by atoms with van der Waals surface area (Å²) in [4.78, 5) is 53.9. The molecule has 4 unspecified atom stereocenters. The number of aromatic amines is 1. The number of methoxy groups -OCH3 is 1. The molecule has 194 valence electrons. The Hall–Kier alpha value is -3.56. The summed E-state index contributed by atoms with van der Waals surface area (Å²) in [7, 11) is 1.56. The van der Waals surface area contributed by atoms with E-state index in [2.05, 4.69) is 34.8 Å². The second-order valence-corrected chi connectivity index (χ2v) is 10.6. The van der Waals surface area contributed by atoms with Gasteiger partial charge in [-0.2, -0.15) is 0 Å². The highest BCUT2D eigenvalue weighted by Crippen LogP contribution is 2.54. The number of primary amides is 1. The van der Waals surface area contributed by atoms with Crippen LogP contribution in [-0.2, 0) is 14.4 Å². The highest BCUT2D eigenvalue weighted by atomic mass is 16.5. The summed E-state index contributed by atoms with van der Waals surface area (Å²) in [5.41, 5.74) is 6.70. The zero-order chi connectivity index (χ0) is 26.0. The molecule has 1 aromatic heterocycles. The average Bonchev–Trinajstić information content (AvgIpc) is 3.23. The summed E-state index contributed by atoms with van der Waals surface area (Å²) >= 11 is 0. The minimum atomic E-state index is -1.00. The number of hydrogen-bond acceptors (Lipinski definition) is 5. The number of carbonyl (C=O) groups excluding carboxylic acids is 4. The van der Waals surface area contributed by atoms with E-state index in [4.69, 9.17) is 10.5 Å². The lowest BCUT2D eigenvalue weighted by atomic mass is 9.91. The van der Waals surface area contributed by atoms with Crippen LogP contribution in [0.3, 0.4) is 0 Å². The summed E-state index contributed by atoms with van der Waals surface area (Å²) < 4.78 is 5.37. The lowest BCUT2D eigenvalue weighted by Gasteiger charge is -2.27. The Bertz CT molecular complexity index is 1170. The number of ether oxygens (including phenoxy) is 1. The van der Waals surface area contributed by atoms with Gasteiger partial charge in [0.1, 0.15) is 23.5 Å². The first-order valence-corrected chi connectivity index (χ1v) is 12.4. The number of nitrogens with two attached hydrogens (primary N) is 1. The van der Waals surface area contributed by atoms with Crippen LogP contribution in [0.15, 0.2) is 24.3 Å². The van der Waals surface area contributed by atoms with Gasteiger partial charge in [-0.1, -0.05) is 19.9 Å². The molecular weight excluding hydrogens is 462 g/mol. The lowest BCUT2D eigenvalue weighted by molar-refractivity contribution is -0.131. The third kappa shape index (κ3) is 5.63. The highest BCUT2D eigenvalue weighted by molar-refractivity contribution is 6.01. The van der Waals surface area contributed by atoms with E-state index in [1.807, 2.05) is 12.1 Å². The van der Waals surface area contributed by atoms with Crippen LogP contribution >= 0.6 is 0 Å². The van der Waals surface area contributed by atoms with Crippen molar-refractivity contribution in [2.75, 3.05) is 13.7 Å². The number of carbonyl (C=O) groups is 4. The van der Waals surface area contributed by atoms with Crippen LogP contribution in [0.4, 0.5) is 0 Å². The van der Waals surface area contributed by atoms with Gasteiger partial charge in [0, 0.05) is 23.4 Å².